The van der Waals surface area contributed by atoms with Crippen molar-refractivity contribution in [2.45, 2.75) is 45.6 Å². The highest BCUT2D eigenvalue weighted by Crippen LogP contribution is 2.52. The van der Waals surface area contributed by atoms with E-state index in [-0.39, 0.29) is 5.82 Å². The molecule has 2 heteroatoms. The SMILES string of the molecule is CCNC(c1cc(F)ccc1C)C1CC2CCC1C2. The number of hydrogen-bond acceptors (Lipinski definition) is 1. The average Bonchev–Trinajstić information content (AvgIpc) is 3.01. The highest BCUT2D eigenvalue weighted by Gasteiger charge is 2.43. The first kappa shape index (κ1) is 13.1. The number of benzene rings is 1. The summed E-state index contributed by atoms with van der Waals surface area (Å²) in [6, 6.07) is 5.58. The summed E-state index contributed by atoms with van der Waals surface area (Å²) >= 11 is 0. The van der Waals surface area contributed by atoms with Crippen LogP contribution in [-0.2, 0) is 0 Å². The minimum absolute atomic E-state index is 0.105. The molecule has 1 N–H and O–H groups in total. The van der Waals surface area contributed by atoms with E-state index in [4.69, 9.17) is 0 Å². The first-order chi connectivity index (χ1) is 9.19. The monoisotopic (exact) mass is 261 g/mol. The highest BCUT2D eigenvalue weighted by atomic mass is 19.1. The molecule has 2 fully saturated rings. The van der Waals surface area contributed by atoms with Crippen molar-refractivity contribution >= 4 is 0 Å². The zero-order chi connectivity index (χ0) is 13.4. The molecule has 19 heavy (non-hydrogen) atoms. The van der Waals surface area contributed by atoms with E-state index in [1.165, 1.54) is 36.8 Å². The predicted molar refractivity (Wildman–Crippen MR) is 76.5 cm³/mol. The lowest BCUT2D eigenvalue weighted by atomic mass is 9.79. The fraction of sp³-hybridized carbons (Fsp3) is 0.647. The lowest BCUT2D eigenvalue weighted by Crippen LogP contribution is -2.32. The Kier molecular flexibility index (Phi) is 3.62. The van der Waals surface area contributed by atoms with Gasteiger partial charge in [0.2, 0.25) is 0 Å². The van der Waals surface area contributed by atoms with E-state index in [0.717, 1.165) is 18.4 Å². The van der Waals surface area contributed by atoms with Gasteiger partial charge in [-0.05, 0) is 73.7 Å². The molecule has 2 aliphatic rings. The van der Waals surface area contributed by atoms with Gasteiger partial charge in [0.25, 0.3) is 0 Å². The second-order valence-corrected chi connectivity index (χ2v) is 6.37. The standard InChI is InChI=1S/C17H24FN/c1-3-19-17(15-10-14(18)7-4-11(15)2)16-9-12-5-6-13(16)8-12/h4,7,10,12-13,16-17,19H,3,5-6,8-9H2,1-2H3. The fourth-order valence-corrected chi connectivity index (χ4v) is 4.36. The third-order valence-corrected chi connectivity index (χ3v) is 5.22. The van der Waals surface area contributed by atoms with Crippen LogP contribution in [0.2, 0.25) is 0 Å². The van der Waals surface area contributed by atoms with Gasteiger partial charge < -0.3 is 5.32 Å². The van der Waals surface area contributed by atoms with Crippen molar-refractivity contribution in [3.63, 3.8) is 0 Å². The van der Waals surface area contributed by atoms with E-state index >= 15 is 0 Å². The average molecular weight is 261 g/mol. The van der Waals surface area contributed by atoms with Crippen LogP contribution < -0.4 is 5.32 Å². The van der Waals surface area contributed by atoms with Crippen molar-refractivity contribution < 1.29 is 4.39 Å². The summed E-state index contributed by atoms with van der Waals surface area (Å²) in [4.78, 5) is 0. The Labute approximate surface area is 115 Å². The van der Waals surface area contributed by atoms with Crippen molar-refractivity contribution in [1.82, 2.24) is 5.32 Å². The Balaban J connectivity index is 1.90. The summed E-state index contributed by atoms with van der Waals surface area (Å²) in [7, 11) is 0. The van der Waals surface area contributed by atoms with Crippen molar-refractivity contribution in [3.05, 3.63) is 35.1 Å². The lowest BCUT2D eigenvalue weighted by molar-refractivity contribution is 0.252. The van der Waals surface area contributed by atoms with E-state index in [9.17, 15) is 4.39 Å². The van der Waals surface area contributed by atoms with Crippen LogP contribution in [-0.4, -0.2) is 6.54 Å². The van der Waals surface area contributed by atoms with E-state index in [2.05, 4.69) is 19.2 Å². The van der Waals surface area contributed by atoms with Crippen molar-refractivity contribution in [1.29, 1.82) is 0 Å². The molecule has 0 radical (unpaired) electrons. The summed E-state index contributed by atoms with van der Waals surface area (Å²) in [5.41, 5.74) is 2.40. The molecular weight excluding hydrogens is 237 g/mol. The van der Waals surface area contributed by atoms with Gasteiger partial charge in [0.1, 0.15) is 5.82 Å². The van der Waals surface area contributed by atoms with Gasteiger partial charge in [-0.3, -0.25) is 0 Å². The van der Waals surface area contributed by atoms with Gasteiger partial charge in [0.05, 0.1) is 0 Å². The molecule has 3 rings (SSSR count). The van der Waals surface area contributed by atoms with Crippen LogP contribution in [0.3, 0.4) is 0 Å². The number of halogens is 1. The third-order valence-electron chi connectivity index (χ3n) is 5.22. The minimum atomic E-state index is -0.105. The molecule has 0 heterocycles. The van der Waals surface area contributed by atoms with Gasteiger partial charge in [-0.1, -0.05) is 19.4 Å². The van der Waals surface area contributed by atoms with Gasteiger partial charge in [-0.15, -0.1) is 0 Å². The summed E-state index contributed by atoms with van der Waals surface area (Å²) in [6.07, 6.45) is 5.53. The predicted octanol–water partition coefficient (Wildman–Crippen LogP) is 4.22. The van der Waals surface area contributed by atoms with Gasteiger partial charge in [0.15, 0.2) is 0 Å². The van der Waals surface area contributed by atoms with Crippen LogP contribution in [0.5, 0.6) is 0 Å². The summed E-state index contributed by atoms with van der Waals surface area (Å²) in [6.45, 7) is 5.20. The highest BCUT2D eigenvalue weighted by molar-refractivity contribution is 5.30. The Morgan fingerprint density at radius 1 is 1.32 bits per heavy atom. The smallest absolute Gasteiger partial charge is 0.123 e. The zero-order valence-corrected chi connectivity index (χ0v) is 12.0. The Morgan fingerprint density at radius 2 is 2.16 bits per heavy atom. The topological polar surface area (TPSA) is 12.0 Å². The quantitative estimate of drug-likeness (QED) is 0.855. The molecule has 1 nitrogen and oxygen atoms in total. The van der Waals surface area contributed by atoms with E-state index in [1.54, 1.807) is 12.1 Å². The van der Waals surface area contributed by atoms with Crippen molar-refractivity contribution in [2.24, 2.45) is 17.8 Å². The molecule has 1 aromatic carbocycles. The van der Waals surface area contributed by atoms with E-state index in [0.29, 0.717) is 12.0 Å². The second kappa shape index (κ2) is 5.24. The van der Waals surface area contributed by atoms with Crippen molar-refractivity contribution in [3.8, 4) is 0 Å². The number of nitrogens with one attached hydrogen (secondary N) is 1. The van der Waals surface area contributed by atoms with Gasteiger partial charge >= 0.3 is 0 Å². The number of rotatable bonds is 4. The van der Waals surface area contributed by atoms with Gasteiger partial charge in [-0.2, -0.15) is 0 Å². The molecule has 2 bridgehead atoms. The molecule has 2 aliphatic carbocycles. The molecule has 104 valence electrons. The van der Waals surface area contributed by atoms with Crippen molar-refractivity contribution in [2.75, 3.05) is 6.54 Å². The lowest BCUT2D eigenvalue weighted by Gasteiger charge is -2.32. The normalized spacial score (nSPS) is 30.8. The zero-order valence-electron chi connectivity index (χ0n) is 12.0. The molecule has 4 unspecified atom stereocenters. The maximum atomic E-state index is 13.6. The molecule has 0 spiro atoms. The first-order valence-electron chi connectivity index (χ1n) is 7.68. The number of hydrogen-bond donors (Lipinski definition) is 1. The first-order valence-corrected chi connectivity index (χ1v) is 7.68. The minimum Gasteiger partial charge on any atom is -0.310 e. The van der Waals surface area contributed by atoms with Crippen LogP contribution in [0.4, 0.5) is 4.39 Å². The summed E-state index contributed by atoms with van der Waals surface area (Å²) in [5.74, 6) is 2.40. The van der Waals surface area contributed by atoms with E-state index < -0.39 is 0 Å². The second-order valence-electron chi connectivity index (χ2n) is 6.37. The van der Waals surface area contributed by atoms with Gasteiger partial charge in [-0.25, -0.2) is 4.39 Å². The van der Waals surface area contributed by atoms with Crippen LogP contribution in [0.1, 0.15) is 49.8 Å². The molecule has 2 saturated carbocycles. The molecule has 0 amide bonds. The summed E-state index contributed by atoms with van der Waals surface area (Å²) < 4.78 is 13.6. The Morgan fingerprint density at radius 3 is 2.79 bits per heavy atom. The molecule has 1 aromatic rings. The Hall–Kier alpha value is -0.890. The Bertz CT molecular complexity index is 457. The van der Waals surface area contributed by atoms with Gasteiger partial charge in [0, 0.05) is 6.04 Å². The fourth-order valence-electron chi connectivity index (χ4n) is 4.36. The number of aryl methyl sites for hydroxylation is 1. The van der Waals surface area contributed by atoms with Crippen LogP contribution in [0.25, 0.3) is 0 Å². The maximum absolute atomic E-state index is 13.6. The molecular formula is C17H24FN. The molecule has 0 aromatic heterocycles. The maximum Gasteiger partial charge on any atom is 0.123 e. The molecule has 0 saturated heterocycles. The largest absolute Gasteiger partial charge is 0.310 e. The van der Waals surface area contributed by atoms with Crippen LogP contribution in [0.15, 0.2) is 18.2 Å². The third kappa shape index (κ3) is 2.43. The van der Waals surface area contributed by atoms with Crippen LogP contribution in [0, 0.1) is 30.5 Å². The van der Waals surface area contributed by atoms with Crippen LogP contribution >= 0.6 is 0 Å². The molecule has 0 aliphatic heterocycles. The molecule has 4 atom stereocenters. The summed E-state index contributed by atoms with van der Waals surface area (Å²) in [5, 5.41) is 3.63. The van der Waals surface area contributed by atoms with E-state index in [1.807, 2.05) is 6.07 Å². The number of fused-ring (bicyclic) bond motifs is 2.